The van der Waals surface area contributed by atoms with Crippen molar-refractivity contribution in [3.05, 3.63) is 46.2 Å². The molecule has 6 nitrogen and oxygen atoms in total. The van der Waals surface area contributed by atoms with E-state index in [9.17, 15) is 9.59 Å². The molecule has 3 rings (SSSR count). The summed E-state index contributed by atoms with van der Waals surface area (Å²) in [6, 6.07) is 3.80. The van der Waals surface area contributed by atoms with Gasteiger partial charge in [0.05, 0.1) is 29.0 Å². The Balaban J connectivity index is 1.47. The summed E-state index contributed by atoms with van der Waals surface area (Å²) >= 11 is 1.50. The number of rotatable bonds is 5. The van der Waals surface area contributed by atoms with Crippen molar-refractivity contribution in [2.45, 2.75) is 32.7 Å². The van der Waals surface area contributed by atoms with E-state index in [4.69, 9.17) is 0 Å². The maximum atomic E-state index is 12.4. The molecule has 0 unspecified atom stereocenters. The van der Waals surface area contributed by atoms with Crippen molar-refractivity contribution in [2.75, 3.05) is 13.1 Å². The van der Waals surface area contributed by atoms with Crippen molar-refractivity contribution in [3.63, 3.8) is 0 Å². The molecule has 0 aliphatic carbocycles. The molecule has 0 aromatic carbocycles. The first-order valence-electron chi connectivity index (χ1n) is 8.49. The molecule has 0 atom stereocenters. The zero-order chi connectivity index (χ0) is 17.6. The van der Waals surface area contributed by atoms with E-state index in [0.717, 1.165) is 48.6 Å². The smallest absolute Gasteiger partial charge is 0.263 e. The van der Waals surface area contributed by atoms with Crippen LogP contribution in [-0.2, 0) is 17.8 Å². The lowest BCUT2D eigenvalue weighted by atomic mass is 9.92. The van der Waals surface area contributed by atoms with Gasteiger partial charge in [-0.1, -0.05) is 6.07 Å². The lowest BCUT2D eigenvalue weighted by Gasteiger charge is -2.31. The number of thiophene rings is 1. The molecule has 0 spiro atoms. The van der Waals surface area contributed by atoms with Gasteiger partial charge in [-0.3, -0.25) is 19.6 Å². The van der Waals surface area contributed by atoms with Gasteiger partial charge in [0.25, 0.3) is 5.91 Å². The summed E-state index contributed by atoms with van der Waals surface area (Å²) in [5.41, 5.74) is 1.73. The van der Waals surface area contributed by atoms with E-state index in [0.29, 0.717) is 12.5 Å². The van der Waals surface area contributed by atoms with Gasteiger partial charge in [-0.05, 0) is 36.6 Å². The first-order chi connectivity index (χ1) is 12.1. The average molecular weight is 358 g/mol. The Morgan fingerprint density at radius 3 is 2.56 bits per heavy atom. The van der Waals surface area contributed by atoms with Gasteiger partial charge in [-0.15, -0.1) is 11.3 Å². The molecule has 132 valence electrons. The van der Waals surface area contributed by atoms with Gasteiger partial charge in [0.1, 0.15) is 0 Å². The fourth-order valence-electron chi connectivity index (χ4n) is 2.99. The largest absolute Gasteiger partial charge is 0.351 e. The fraction of sp³-hybridized carbons (Fsp3) is 0.444. The van der Waals surface area contributed by atoms with Crippen molar-refractivity contribution in [2.24, 2.45) is 5.92 Å². The number of nitrogens with zero attached hydrogens (tertiary/aromatic N) is 3. The number of nitrogens with one attached hydrogen (secondary N) is 1. The Kier molecular flexibility index (Phi) is 5.75. The quantitative estimate of drug-likeness (QED) is 0.890. The van der Waals surface area contributed by atoms with Crippen LogP contribution in [0.25, 0.3) is 0 Å². The van der Waals surface area contributed by atoms with Gasteiger partial charge in [0, 0.05) is 26.2 Å². The van der Waals surface area contributed by atoms with Crippen LogP contribution < -0.4 is 5.32 Å². The van der Waals surface area contributed by atoms with E-state index in [1.54, 1.807) is 12.4 Å². The molecule has 3 heterocycles. The second-order valence-corrected chi connectivity index (χ2v) is 7.27. The minimum atomic E-state index is -0.0743. The van der Waals surface area contributed by atoms with Gasteiger partial charge < -0.3 is 10.2 Å². The SMILES string of the molecule is CC(=O)NCc1cnc(CC2CCN(C(=O)c3cccs3)CC2)cn1. The molecular weight excluding hydrogens is 336 g/mol. The third-order valence-electron chi connectivity index (χ3n) is 4.41. The molecule has 0 radical (unpaired) electrons. The standard InChI is InChI=1S/C18H22N4O2S/c1-13(23)19-11-16-12-20-15(10-21-16)9-14-4-6-22(7-5-14)18(24)17-3-2-8-25-17/h2-3,8,10,12,14H,4-7,9,11H2,1H3,(H,19,23). The normalized spacial score (nSPS) is 15.2. The zero-order valence-corrected chi connectivity index (χ0v) is 15.1. The highest BCUT2D eigenvalue weighted by Crippen LogP contribution is 2.23. The molecule has 7 heteroatoms. The van der Waals surface area contributed by atoms with Gasteiger partial charge in [0.2, 0.25) is 5.91 Å². The van der Waals surface area contributed by atoms with Crippen LogP contribution in [0.15, 0.2) is 29.9 Å². The fourth-order valence-corrected chi connectivity index (χ4v) is 3.68. The number of amides is 2. The van der Waals surface area contributed by atoms with Gasteiger partial charge in [-0.25, -0.2) is 0 Å². The number of carbonyl (C=O) groups is 2. The van der Waals surface area contributed by atoms with Crippen LogP contribution in [0.2, 0.25) is 0 Å². The van der Waals surface area contributed by atoms with Crippen molar-refractivity contribution in [3.8, 4) is 0 Å². The number of aromatic nitrogens is 2. The molecule has 1 aliphatic heterocycles. The third kappa shape index (κ3) is 4.85. The summed E-state index contributed by atoms with van der Waals surface area (Å²) in [5, 5.41) is 4.65. The lowest BCUT2D eigenvalue weighted by molar-refractivity contribution is -0.119. The number of carbonyl (C=O) groups excluding carboxylic acids is 2. The predicted octanol–water partition coefficient (Wildman–Crippen LogP) is 2.27. The monoisotopic (exact) mass is 358 g/mol. The maximum Gasteiger partial charge on any atom is 0.263 e. The minimum absolute atomic E-state index is 0.0743. The minimum Gasteiger partial charge on any atom is -0.351 e. The Hall–Kier alpha value is -2.28. The highest BCUT2D eigenvalue weighted by Gasteiger charge is 2.24. The highest BCUT2D eigenvalue weighted by molar-refractivity contribution is 7.12. The van der Waals surface area contributed by atoms with Crippen LogP contribution in [0, 0.1) is 5.92 Å². The third-order valence-corrected chi connectivity index (χ3v) is 5.27. The molecule has 2 aromatic heterocycles. The molecule has 25 heavy (non-hydrogen) atoms. The second kappa shape index (κ2) is 8.20. The molecule has 1 aliphatic rings. The number of hydrogen-bond donors (Lipinski definition) is 1. The number of likely N-dealkylation sites (tertiary alicyclic amines) is 1. The van der Waals surface area contributed by atoms with E-state index in [1.807, 2.05) is 22.4 Å². The lowest BCUT2D eigenvalue weighted by Crippen LogP contribution is -2.38. The van der Waals surface area contributed by atoms with Crippen molar-refractivity contribution >= 4 is 23.2 Å². The van der Waals surface area contributed by atoms with Crippen molar-refractivity contribution < 1.29 is 9.59 Å². The van der Waals surface area contributed by atoms with E-state index in [-0.39, 0.29) is 11.8 Å². The number of hydrogen-bond acceptors (Lipinski definition) is 5. The van der Waals surface area contributed by atoms with Crippen LogP contribution >= 0.6 is 11.3 Å². The van der Waals surface area contributed by atoms with E-state index in [2.05, 4.69) is 15.3 Å². The summed E-state index contributed by atoms with van der Waals surface area (Å²) in [6.45, 7) is 3.49. The maximum absolute atomic E-state index is 12.4. The van der Waals surface area contributed by atoms with Gasteiger partial charge in [0.15, 0.2) is 0 Å². The topological polar surface area (TPSA) is 75.2 Å². The van der Waals surface area contributed by atoms with Crippen LogP contribution in [0.3, 0.4) is 0 Å². The summed E-state index contributed by atoms with van der Waals surface area (Å²) in [7, 11) is 0. The second-order valence-electron chi connectivity index (χ2n) is 6.33. The predicted molar refractivity (Wildman–Crippen MR) is 96.2 cm³/mol. The zero-order valence-electron chi connectivity index (χ0n) is 14.3. The Bertz CT molecular complexity index is 707. The van der Waals surface area contributed by atoms with Gasteiger partial charge >= 0.3 is 0 Å². The summed E-state index contributed by atoms with van der Waals surface area (Å²) in [4.78, 5) is 34.8. The summed E-state index contributed by atoms with van der Waals surface area (Å²) in [6.07, 6.45) is 6.38. The Labute approximate surface area is 151 Å². The molecular formula is C18H22N4O2S. The first-order valence-corrected chi connectivity index (χ1v) is 9.37. The van der Waals surface area contributed by atoms with Gasteiger partial charge in [-0.2, -0.15) is 0 Å². The van der Waals surface area contributed by atoms with Crippen molar-refractivity contribution in [1.82, 2.24) is 20.2 Å². The highest BCUT2D eigenvalue weighted by atomic mass is 32.1. The summed E-state index contributed by atoms with van der Waals surface area (Å²) in [5.74, 6) is 0.605. The van der Waals surface area contributed by atoms with Crippen LogP contribution in [0.1, 0.15) is 40.8 Å². The molecule has 0 saturated carbocycles. The molecule has 1 saturated heterocycles. The average Bonchev–Trinajstić information content (AvgIpc) is 3.16. The Morgan fingerprint density at radius 1 is 1.24 bits per heavy atom. The molecule has 2 aromatic rings. The van der Waals surface area contributed by atoms with Crippen LogP contribution in [0.5, 0.6) is 0 Å². The van der Waals surface area contributed by atoms with E-state index in [1.165, 1.54) is 18.3 Å². The van der Waals surface area contributed by atoms with E-state index >= 15 is 0 Å². The molecule has 2 amide bonds. The number of piperidine rings is 1. The van der Waals surface area contributed by atoms with Crippen LogP contribution in [0.4, 0.5) is 0 Å². The van der Waals surface area contributed by atoms with E-state index < -0.39 is 0 Å². The molecule has 1 N–H and O–H groups in total. The summed E-state index contributed by atoms with van der Waals surface area (Å²) < 4.78 is 0. The van der Waals surface area contributed by atoms with Crippen LogP contribution in [-0.4, -0.2) is 39.8 Å². The van der Waals surface area contributed by atoms with Crippen molar-refractivity contribution in [1.29, 1.82) is 0 Å². The first kappa shape index (κ1) is 17.5. The molecule has 0 bridgehead atoms. The Morgan fingerprint density at radius 2 is 1.96 bits per heavy atom. The molecule has 1 fully saturated rings.